The molecule has 0 saturated heterocycles. The van der Waals surface area contributed by atoms with E-state index in [4.69, 9.17) is 5.73 Å². The Labute approximate surface area is 178 Å². The smallest absolute Gasteiger partial charge is 0.252 e. The Balaban J connectivity index is 1.91. The second-order valence-electron chi connectivity index (χ2n) is 8.50. The molecular weight excluding hydrogens is 378 g/mol. The van der Waals surface area contributed by atoms with E-state index in [-0.39, 0.29) is 11.8 Å². The van der Waals surface area contributed by atoms with Gasteiger partial charge in [-0.1, -0.05) is 62.4 Å². The molecule has 7 nitrogen and oxygen atoms in total. The van der Waals surface area contributed by atoms with Crippen molar-refractivity contribution in [1.82, 2.24) is 20.3 Å². The predicted molar refractivity (Wildman–Crippen MR) is 116 cm³/mol. The minimum atomic E-state index is -0.668. The van der Waals surface area contributed by atoms with E-state index in [0.717, 1.165) is 38.5 Å². The molecule has 1 aliphatic carbocycles. The van der Waals surface area contributed by atoms with Crippen LogP contribution in [-0.2, 0) is 10.3 Å². The number of carbonyl (C=O) groups is 2. The van der Waals surface area contributed by atoms with Crippen molar-refractivity contribution in [2.75, 3.05) is 0 Å². The molecule has 1 aromatic heterocycles. The molecule has 1 heterocycles. The molecule has 0 radical (unpaired) electrons. The zero-order chi connectivity index (χ0) is 21.6. The molecule has 0 spiro atoms. The standard InChI is InChI=1S/C23H33N5O2/c1-3-4-15-19(21(24)29)28-16-20(26-27-28)23(2,18-13-9-6-10-14-18)25-22(30)17-11-7-5-8-12-17/h5,7-8,11-12,16,18-19H,3-4,6,9-10,13-15H2,1-2H3,(H2,24,29)(H,25,30)/t19-,23-/m0/s1. The molecule has 7 heteroatoms. The van der Waals surface area contributed by atoms with Crippen LogP contribution in [0.3, 0.4) is 0 Å². The van der Waals surface area contributed by atoms with E-state index in [1.807, 2.05) is 25.1 Å². The molecule has 1 aliphatic rings. The van der Waals surface area contributed by atoms with E-state index < -0.39 is 17.5 Å². The van der Waals surface area contributed by atoms with E-state index >= 15 is 0 Å². The predicted octanol–water partition coefficient (Wildman–Crippen LogP) is 3.72. The van der Waals surface area contributed by atoms with Crippen LogP contribution in [0, 0.1) is 5.92 Å². The van der Waals surface area contributed by atoms with Gasteiger partial charge in [-0.15, -0.1) is 5.10 Å². The molecule has 1 aromatic carbocycles. The molecule has 1 fully saturated rings. The number of nitrogens with zero attached hydrogens (tertiary/aromatic N) is 3. The van der Waals surface area contributed by atoms with Crippen LogP contribution < -0.4 is 11.1 Å². The summed E-state index contributed by atoms with van der Waals surface area (Å²) in [5.74, 6) is -0.282. The van der Waals surface area contributed by atoms with Gasteiger partial charge in [0.15, 0.2) is 0 Å². The molecule has 3 N–H and O–H groups in total. The number of rotatable bonds is 9. The number of carbonyl (C=O) groups excluding carboxylic acids is 2. The average molecular weight is 412 g/mol. The minimum Gasteiger partial charge on any atom is -0.368 e. The van der Waals surface area contributed by atoms with Crippen LogP contribution in [0.1, 0.15) is 87.3 Å². The molecular formula is C23H33N5O2. The monoisotopic (exact) mass is 411 g/mol. The van der Waals surface area contributed by atoms with E-state index in [0.29, 0.717) is 17.7 Å². The highest BCUT2D eigenvalue weighted by Crippen LogP contribution is 2.39. The van der Waals surface area contributed by atoms with Crippen LogP contribution in [-0.4, -0.2) is 26.8 Å². The van der Waals surface area contributed by atoms with Crippen molar-refractivity contribution >= 4 is 11.8 Å². The number of unbranched alkanes of at least 4 members (excludes halogenated alkanes) is 1. The summed E-state index contributed by atoms with van der Waals surface area (Å²) in [7, 11) is 0. The van der Waals surface area contributed by atoms with Crippen LogP contribution in [0.25, 0.3) is 0 Å². The number of benzene rings is 1. The molecule has 2 aromatic rings. The van der Waals surface area contributed by atoms with Gasteiger partial charge in [-0.2, -0.15) is 0 Å². The summed E-state index contributed by atoms with van der Waals surface area (Å²) in [5.41, 5.74) is 6.26. The molecule has 1 saturated carbocycles. The van der Waals surface area contributed by atoms with Crippen molar-refractivity contribution in [3.05, 3.63) is 47.8 Å². The average Bonchev–Trinajstić information content (AvgIpc) is 3.25. The number of hydrogen-bond acceptors (Lipinski definition) is 4. The number of hydrogen-bond donors (Lipinski definition) is 2. The third-order valence-electron chi connectivity index (χ3n) is 6.35. The normalized spacial score (nSPS) is 17.8. The maximum absolute atomic E-state index is 13.0. The van der Waals surface area contributed by atoms with Gasteiger partial charge >= 0.3 is 0 Å². The van der Waals surface area contributed by atoms with Gasteiger partial charge in [0.05, 0.1) is 11.7 Å². The van der Waals surface area contributed by atoms with E-state index in [1.165, 1.54) is 6.42 Å². The van der Waals surface area contributed by atoms with Crippen molar-refractivity contribution in [2.24, 2.45) is 11.7 Å². The van der Waals surface area contributed by atoms with Gasteiger partial charge in [0.2, 0.25) is 5.91 Å². The van der Waals surface area contributed by atoms with Gasteiger partial charge in [-0.25, -0.2) is 4.68 Å². The summed E-state index contributed by atoms with van der Waals surface area (Å²) in [4.78, 5) is 25.0. The Kier molecular flexibility index (Phi) is 7.24. The highest BCUT2D eigenvalue weighted by atomic mass is 16.2. The summed E-state index contributed by atoms with van der Waals surface area (Å²) in [5, 5.41) is 11.9. The van der Waals surface area contributed by atoms with Gasteiger partial charge in [0, 0.05) is 5.56 Å². The lowest BCUT2D eigenvalue weighted by atomic mass is 9.74. The molecule has 0 unspecified atom stereocenters. The first-order valence-electron chi connectivity index (χ1n) is 11.0. The second kappa shape index (κ2) is 9.87. The zero-order valence-electron chi connectivity index (χ0n) is 18.0. The Morgan fingerprint density at radius 2 is 1.93 bits per heavy atom. The zero-order valence-corrected chi connectivity index (χ0v) is 18.0. The number of primary amides is 1. The third-order valence-corrected chi connectivity index (χ3v) is 6.35. The molecule has 30 heavy (non-hydrogen) atoms. The number of aromatic nitrogens is 3. The van der Waals surface area contributed by atoms with Crippen LogP contribution in [0.4, 0.5) is 0 Å². The summed E-state index contributed by atoms with van der Waals surface area (Å²) in [6.45, 7) is 4.10. The van der Waals surface area contributed by atoms with Crippen LogP contribution in [0.2, 0.25) is 0 Å². The molecule has 0 bridgehead atoms. The molecule has 2 atom stereocenters. The largest absolute Gasteiger partial charge is 0.368 e. The summed E-state index contributed by atoms with van der Waals surface area (Å²) < 4.78 is 1.57. The lowest BCUT2D eigenvalue weighted by Gasteiger charge is -2.39. The summed E-state index contributed by atoms with van der Waals surface area (Å²) >= 11 is 0. The SMILES string of the molecule is CCCC[C@@H](C(N)=O)n1cc([C@@](C)(NC(=O)c2ccccc2)C2CCCCC2)nn1. The second-order valence-corrected chi connectivity index (χ2v) is 8.50. The van der Waals surface area contributed by atoms with Gasteiger partial charge < -0.3 is 11.1 Å². The Hall–Kier alpha value is -2.70. The maximum Gasteiger partial charge on any atom is 0.252 e. The topological polar surface area (TPSA) is 103 Å². The van der Waals surface area contributed by atoms with Crippen molar-refractivity contribution in [3.8, 4) is 0 Å². The van der Waals surface area contributed by atoms with Crippen LogP contribution >= 0.6 is 0 Å². The van der Waals surface area contributed by atoms with Crippen molar-refractivity contribution in [2.45, 2.75) is 76.8 Å². The van der Waals surface area contributed by atoms with Crippen molar-refractivity contribution in [3.63, 3.8) is 0 Å². The maximum atomic E-state index is 13.0. The fourth-order valence-corrected chi connectivity index (χ4v) is 4.42. The van der Waals surface area contributed by atoms with E-state index in [9.17, 15) is 9.59 Å². The van der Waals surface area contributed by atoms with Gasteiger partial charge in [-0.05, 0) is 44.2 Å². The van der Waals surface area contributed by atoms with Crippen LogP contribution in [0.15, 0.2) is 36.5 Å². The molecule has 0 aliphatic heterocycles. The summed E-state index contributed by atoms with van der Waals surface area (Å²) in [6, 6.07) is 8.69. The number of nitrogens with two attached hydrogens (primary N) is 1. The lowest BCUT2D eigenvalue weighted by Crippen LogP contribution is -2.50. The Bertz CT molecular complexity index is 844. The Morgan fingerprint density at radius 1 is 1.23 bits per heavy atom. The highest BCUT2D eigenvalue weighted by molar-refractivity contribution is 5.94. The fraction of sp³-hybridized carbons (Fsp3) is 0.565. The first-order valence-corrected chi connectivity index (χ1v) is 11.0. The number of amides is 2. The molecule has 3 rings (SSSR count). The summed E-state index contributed by atoms with van der Waals surface area (Å²) in [6.07, 6.45) is 9.81. The first kappa shape index (κ1) is 22.0. The van der Waals surface area contributed by atoms with Crippen molar-refractivity contribution in [1.29, 1.82) is 0 Å². The third kappa shape index (κ3) is 4.89. The number of nitrogens with one attached hydrogen (secondary N) is 1. The van der Waals surface area contributed by atoms with Gasteiger partial charge in [0.1, 0.15) is 11.7 Å². The molecule has 162 valence electrons. The van der Waals surface area contributed by atoms with Gasteiger partial charge in [0.25, 0.3) is 5.91 Å². The Morgan fingerprint density at radius 3 is 2.57 bits per heavy atom. The minimum absolute atomic E-state index is 0.129. The fourth-order valence-electron chi connectivity index (χ4n) is 4.42. The van der Waals surface area contributed by atoms with Crippen molar-refractivity contribution < 1.29 is 9.59 Å². The quantitative estimate of drug-likeness (QED) is 0.656. The van der Waals surface area contributed by atoms with Crippen LogP contribution in [0.5, 0.6) is 0 Å². The van der Waals surface area contributed by atoms with E-state index in [2.05, 4.69) is 22.6 Å². The van der Waals surface area contributed by atoms with Gasteiger partial charge in [-0.3, -0.25) is 9.59 Å². The molecule has 2 amide bonds. The first-order chi connectivity index (χ1) is 14.5. The van der Waals surface area contributed by atoms with E-state index in [1.54, 1.807) is 23.0 Å². The highest BCUT2D eigenvalue weighted by Gasteiger charge is 2.41. The lowest BCUT2D eigenvalue weighted by molar-refractivity contribution is -0.121.